The minimum atomic E-state index is -0.729. The average Bonchev–Trinajstić information content (AvgIpc) is 2.58. The number of nitrogens with zero attached hydrogens (tertiary/aromatic N) is 1. The normalized spacial score (nSPS) is 10.5. The summed E-state index contributed by atoms with van der Waals surface area (Å²) in [7, 11) is 0. The van der Waals surface area contributed by atoms with Crippen molar-refractivity contribution in [1.29, 1.82) is 0 Å². The number of aromatic nitrogens is 1. The Morgan fingerprint density at radius 2 is 1.83 bits per heavy atom. The van der Waals surface area contributed by atoms with Crippen molar-refractivity contribution in [2.75, 3.05) is 5.32 Å². The monoisotopic (exact) mass is 344 g/mol. The fourth-order valence-electron chi connectivity index (χ4n) is 2.13. The zero-order valence-corrected chi connectivity index (χ0v) is 13.0. The van der Waals surface area contributed by atoms with Gasteiger partial charge in [0.15, 0.2) is 5.78 Å². The second kappa shape index (κ2) is 6.76. The molecule has 0 atom stereocenters. The Bertz CT molecular complexity index is 898. The standard InChI is InChI=1S/C18H11ClF2N2O/c19-14-4-2-1-3-13(14)18(24)11-5-8-17(22-10-11)23-16-7-6-12(20)9-15(16)21/h1-10H,(H,22,23). The molecule has 0 aliphatic rings. The highest BCUT2D eigenvalue weighted by Crippen LogP contribution is 2.22. The van der Waals surface area contributed by atoms with Crippen LogP contribution in [0.25, 0.3) is 0 Å². The summed E-state index contributed by atoms with van der Waals surface area (Å²) in [6.07, 6.45) is 1.37. The van der Waals surface area contributed by atoms with E-state index in [1.165, 1.54) is 18.3 Å². The number of anilines is 2. The first-order valence-electron chi connectivity index (χ1n) is 7.02. The summed E-state index contributed by atoms with van der Waals surface area (Å²) >= 11 is 6.01. The molecule has 1 N–H and O–H groups in total. The molecule has 0 aliphatic heterocycles. The fourth-order valence-corrected chi connectivity index (χ4v) is 2.35. The summed E-state index contributed by atoms with van der Waals surface area (Å²) < 4.78 is 26.5. The van der Waals surface area contributed by atoms with Gasteiger partial charge in [-0.3, -0.25) is 4.79 Å². The largest absolute Gasteiger partial charge is 0.338 e. The zero-order chi connectivity index (χ0) is 17.1. The molecule has 0 unspecified atom stereocenters. The van der Waals surface area contributed by atoms with Gasteiger partial charge in [0.25, 0.3) is 0 Å². The van der Waals surface area contributed by atoms with Crippen LogP contribution >= 0.6 is 11.6 Å². The summed E-state index contributed by atoms with van der Waals surface area (Å²) in [5.74, 6) is -1.32. The third-order valence-electron chi connectivity index (χ3n) is 3.34. The lowest BCUT2D eigenvalue weighted by molar-refractivity contribution is 0.103. The van der Waals surface area contributed by atoms with Gasteiger partial charge in [-0.05, 0) is 36.4 Å². The molecule has 0 radical (unpaired) electrons. The van der Waals surface area contributed by atoms with Crippen molar-refractivity contribution in [3.05, 3.63) is 88.6 Å². The summed E-state index contributed by atoms with van der Waals surface area (Å²) in [6.45, 7) is 0. The molecule has 1 aromatic heterocycles. The highest BCUT2D eigenvalue weighted by atomic mass is 35.5. The van der Waals surface area contributed by atoms with E-state index in [1.54, 1.807) is 30.3 Å². The van der Waals surface area contributed by atoms with E-state index < -0.39 is 11.6 Å². The molecule has 0 saturated heterocycles. The topological polar surface area (TPSA) is 42.0 Å². The molecule has 3 rings (SSSR count). The maximum absolute atomic E-state index is 13.6. The van der Waals surface area contributed by atoms with Crippen LogP contribution in [0.1, 0.15) is 15.9 Å². The predicted molar refractivity (Wildman–Crippen MR) is 88.8 cm³/mol. The predicted octanol–water partition coefficient (Wildman–Crippen LogP) is 4.99. The number of halogens is 3. The summed E-state index contributed by atoms with van der Waals surface area (Å²) in [5.41, 5.74) is 0.827. The van der Waals surface area contributed by atoms with Gasteiger partial charge in [-0.2, -0.15) is 0 Å². The quantitative estimate of drug-likeness (QED) is 0.678. The molecule has 3 nitrogen and oxygen atoms in total. The Hall–Kier alpha value is -2.79. The Labute approximate surface area is 141 Å². The number of hydrogen-bond acceptors (Lipinski definition) is 3. The molecule has 24 heavy (non-hydrogen) atoms. The van der Waals surface area contributed by atoms with E-state index in [1.807, 2.05) is 0 Å². The lowest BCUT2D eigenvalue weighted by atomic mass is 10.1. The van der Waals surface area contributed by atoms with Crippen LogP contribution < -0.4 is 5.32 Å². The van der Waals surface area contributed by atoms with E-state index >= 15 is 0 Å². The van der Waals surface area contributed by atoms with Gasteiger partial charge >= 0.3 is 0 Å². The average molecular weight is 345 g/mol. The van der Waals surface area contributed by atoms with Gasteiger partial charge in [-0.1, -0.05) is 23.7 Å². The third-order valence-corrected chi connectivity index (χ3v) is 3.67. The summed E-state index contributed by atoms with van der Waals surface area (Å²) in [6, 6.07) is 13.0. The molecule has 0 spiro atoms. The van der Waals surface area contributed by atoms with Crippen LogP contribution in [-0.2, 0) is 0 Å². The number of nitrogens with one attached hydrogen (secondary N) is 1. The van der Waals surface area contributed by atoms with Crippen molar-refractivity contribution in [2.24, 2.45) is 0 Å². The highest BCUT2D eigenvalue weighted by molar-refractivity contribution is 6.34. The highest BCUT2D eigenvalue weighted by Gasteiger charge is 2.13. The first kappa shape index (κ1) is 16.1. The maximum atomic E-state index is 13.6. The van der Waals surface area contributed by atoms with Crippen LogP contribution in [0.4, 0.5) is 20.3 Å². The minimum Gasteiger partial charge on any atom is -0.338 e. The molecule has 1 heterocycles. The molecule has 0 amide bonds. The molecule has 0 fully saturated rings. The maximum Gasteiger partial charge on any atom is 0.196 e. The molecule has 0 aliphatic carbocycles. The van der Waals surface area contributed by atoms with Gasteiger partial charge in [0.05, 0.1) is 10.7 Å². The van der Waals surface area contributed by atoms with Gasteiger partial charge in [0, 0.05) is 23.4 Å². The molecule has 0 bridgehead atoms. The van der Waals surface area contributed by atoms with E-state index in [2.05, 4.69) is 10.3 Å². The first-order chi connectivity index (χ1) is 11.5. The number of carbonyl (C=O) groups is 1. The van der Waals surface area contributed by atoms with Crippen LogP contribution in [0, 0.1) is 11.6 Å². The smallest absolute Gasteiger partial charge is 0.196 e. The molecule has 0 saturated carbocycles. The Morgan fingerprint density at radius 1 is 1.04 bits per heavy atom. The Balaban J connectivity index is 1.81. The van der Waals surface area contributed by atoms with E-state index in [0.717, 1.165) is 12.1 Å². The van der Waals surface area contributed by atoms with Gasteiger partial charge in [0.1, 0.15) is 17.5 Å². The lowest BCUT2D eigenvalue weighted by Gasteiger charge is -2.08. The number of rotatable bonds is 4. The number of hydrogen-bond donors (Lipinski definition) is 1. The minimum absolute atomic E-state index is 0.0917. The second-order valence-electron chi connectivity index (χ2n) is 4.99. The van der Waals surface area contributed by atoms with E-state index in [-0.39, 0.29) is 11.5 Å². The number of ketones is 1. The fraction of sp³-hybridized carbons (Fsp3) is 0. The molecular formula is C18H11ClF2N2O. The third kappa shape index (κ3) is 3.41. The van der Waals surface area contributed by atoms with Crippen LogP contribution in [0.15, 0.2) is 60.8 Å². The van der Waals surface area contributed by atoms with Crippen LogP contribution in [-0.4, -0.2) is 10.8 Å². The Morgan fingerprint density at radius 3 is 2.50 bits per heavy atom. The van der Waals surface area contributed by atoms with Gasteiger partial charge in [0.2, 0.25) is 0 Å². The van der Waals surface area contributed by atoms with Gasteiger partial charge in [-0.25, -0.2) is 13.8 Å². The zero-order valence-electron chi connectivity index (χ0n) is 12.3. The first-order valence-corrected chi connectivity index (χ1v) is 7.40. The van der Waals surface area contributed by atoms with Crippen molar-refractivity contribution in [3.63, 3.8) is 0 Å². The molecular weight excluding hydrogens is 334 g/mol. The molecule has 6 heteroatoms. The van der Waals surface area contributed by atoms with E-state index in [9.17, 15) is 13.6 Å². The van der Waals surface area contributed by atoms with Crippen molar-refractivity contribution in [1.82, 2.24) is 4.98 Å². The summed E-state index contributed by atoms with van der Waals surface area (Å²) in [4.78, 5) is 16.5. The van der Waals surface area contributed by atoms with Crippen molar-refractivity contribution in [3.8, 4) is 0 Å². The van der Waals surface area contributed by atoms with Crippen molar-refractivity contribution < 1.29 is 13.6 Å². The van der Waals surface area contributed by atoms with Crippen LogP contribution in [0.5, 0.6) is 0 Å². The molecule has 3 aromatic rings. The van der Waals surface area contributed by atoms with Gasteiger partial charge < -0.3 is 5.32 Å². The van der Waals surface area contributed by atoms with E-state index in [4.69, 9.17) is 11.6 Å². The van der Waals surface area contributed by atoms with Crippen LogP contribution in [0.3, 0.4) is 0 Å². The van der Waals surface area contributed by atoms with Crippen molar-refractivity contribution in [2.45, 2.75) is 0 Å². The molecule has 2 aromatic carbocycles. The number of pyridine rings is 1. The number of carbonyl (C=O) groups excluding carboxylic acids is 1. The lowest BCUT2D eigenvalue weighted by Crippen LogP contribution is -2.04. The molecule has 120 valence electrons. The SMILES string of the molecule is O=C(c1ccc(Nc2ccc(F)cc2F)nc1)c1ccccc1Cl. The summed E-state index contributed by atoms with van der Waals surface area (Å²) in [5, 5.41) is 3.09. The Kier molecular flexibility index (Phi) is 4.53. The number of benzene rings is 2. The van der Waals surface area contributed by atoms with Crippen molar-refractivity contribution >= 4 is 28.9 Å². The second-order valence-corrected chi connectivity index (χ2v) is 5.40. The van der Waals surface area contributed by atoms with Gasteiger partial charge in [-0.15, -0.1) is 0 Å². The van der Waals surface area contributed by atoms with E-state index in [0.29, 0.717) is 22.0 Å². The van der Waals surface area contributed by atoms with Crippen LogP contribution in [0.2, 0.25) is 5.02 Å².